The second kappa shape index (κ2) is 52.5. The minimum Gasteiger partial charge on any atom is -0.462 e. The molecule has 376 valence electrons. The van der Waals surface area contributed by atoms with E-state index < -0.39 is 18.2 Å². The van der Waals surface area contributed by atoms with Crippen molar-refractivity contribution in [2.45, 2.75) is 251 Å². The van der Waals surface area contributed by atoms with Crippen molar-refractivity contribution in [3.63, 3.8) is 0 Å². The summed E-state index contributed by atoms with van der Waals surface area (Å²) in [5, 5.41) is 23.8. The van der Waals surface area contributed by atoms with E-state index in [2.05, 4.69) is 135 Å². The molecule has 3 N–H and O–H groups in total. The number of allylic oxidation sites excluding steroid dienone is 18. The lowest BCUT2D eigenvalue weighted by molar-refractivity contribution is -0.151. The standard InChI is InChI=1S/C60H101NO5/c1-4-7-10-13-16-19-22-24-26-28-29-31-33-35-38-41-44-47-50-53-60(65)66-56(51-48-45-42-39-37-34-32-30-27-25-23-20-17-14-11-8-5-2)54-59(64)61-57(55-62)58(63)52-49-46-43-40-36-21-18-15-12-9-6-3/h8,11,16-17,19-20,24-27,29,31-32,34-35,38-39,42,56-58,62-63H,4-7,9-10,12-15,18,21-23,28,30,33,36-37,40-41,43-55H2,1-3H3,(H,61,64)/b11-8-,19-16-,20-17-,26-24-,27-25-,31-29-,34-32-,38-35-,42-39-. The Bertz CT molecular complexity index is 1350. The van der Waals surface area contributed by atoms with Crippen molar-refractivity contribution in [3.05, 3.63) is 109 Å². The second-order valence-corrected chi connectivity index (χ2v) is 17.9. The molecular formula is C60H101NO5. The van der Waals surface area contributed by atoms with Gasteiger partial charge in [-0.05, 0) is 109 Å². The summed E-state index contributed by atoms with van der Waals surface area (Å²) in [6.45, 7) is 6.30. The van der Waals surface area contributed by atoms with E-state index in [0.717, 1.165) is 109 Å². The fraction of sp³-hybridized carbons (Fsp3) is 0.667. The van der Waals surface area contributed by atoms with Gasteiger partial charge in [0.15, 0.2) is 0 Å². The number of amides is 1. The minimum atomic E-state index is -0.815. The van der Waals surface area contributed by atoms with Crippen LogP contribution in [0.1, 0.15) is 233 Å². The van der Waals surface area contributed by atoms with Crippen LogP contribution < -0.4 is 5.32 Å². The summed E-state index contributed by atoms with van der Waals surface area (Å²) in [7, 11) is 0. The zero-order valence-electron chi connectivity index (χ0n) is 42.8. The molecule has 0 aromatic carbocycles. The van der Waals surface area contributed by atoms with E-state index in [4.69, 9.17) is 4.74 Å². The van der Waals surface area contributed by atoms with Crippen LogP contribution in [-0.2, 0) is 14.3 Å². The van der Waals surface area contributed by atoms with Gasteiger partial charge in [-0.2, -0.15) is 0 Å². The highest BCUT2D eigenvalue weighted by molar-refractivity contribution is 5.77. The molecule has 3 unspecified atom stereocenters. The maximum Gasteiger partial charge on any atom is 0.306 e. The van der Waals surface area contributed by atoms with Crippen LogP contribution >= 0.6 is 0 Å². The first-order chi connectivity index (χ1) is 32.5. The van der Waals surface area contributed by atoms with Crippen molar-refractivity contribution in [2.24, 2.45) is 0 Å². The molecule has 0 aromatic heterocycles. The Hall–Kier alpha value is -3.48. The summed E-state index contributed by atoms with van der Waals surface area (Å²) in [6, 6.07) is -0.733. The molecule has 3 atom stereocenters. The molecular weight excluding hydrogens is 815 g/mol. The lowest BCUT2D eigenvalue weighted by Crippen LogP contribution is -2.46. The molecule has 0 bridgehead atoms. The highest BCUT2D eigenvalue weighted by Gasteiger charge is 2.24. The molecule has 0 fully saturated rings. The maximum atomic E-state index is 13.2. The molecule has 0 aliphatic heterocycles. The van der Waals surface area contributed by atoms with E-state index >= 15 is 0 Å². The Labute approximate surface area is 407 Å². The first-order valence-electron chi connectivity index (χ1n) is 27.1. The number of ether oxygens (including phenoxy) is 1. The van der Waals surface area contributed by atoms with Crippen LogP contribution in [0.2, 0.25) is 0 Å². The average molecular weight is 916 g/mol. The van der Waals surface area contributed by atoms with Gasteiger partial charge in [-0.3, -0.25) is 9.59 Å². The zero-order chi connectivity index (χ0) is 48.1. The van der Waals surface area contributed by atoms with Crippen molar-refractivity contribution in [3.8, 4) is 0 Å². The Morgan fingerprint density at radius 1 is 0.455 bits per heavy atom. The van der Waals surface area contributed by atoms with Crippen LogP contribution in [0.5, 0.6) is 0 Å². The summed E-state index contributed by atoms with van der Waals surface area (Å²) < 4.78 is 5.90. The van der Waals surface area contributed by atoms with Gasteiger partial charge in [0.25, 0.3) is 0 Å². The second-order valence-electron chi connectivity index (χ2n) is 17.9. The molecule has 66 heavy (non-hydrogen) atoms. The van der Waals surface area contributed by atoms with Crippen LogP contribution in [0, 0.1) is 0 Å². The summed E-state index contributed by atoms with van der Waals surface area (Å²) in [5.41, 5.74) is 0. The molecule has 0 aromatic rings. The fourth-order valence-corrected chi connectivity index (χ4v) is 7.50. The quantitative estimate of drug-likeness (QED) is 0.0321. The molecule has 0 aliphatic rings. The van der Waals surface area contributed by atoms with Crippen molar-refractivity contribution in [1.29, 1.82) is 0 Å². The molecule has 6 nitrogen and oxygen atoms in total. The van der Waals surface area contributed by atoms with E-state index in [1.165, 1.54) is 77.0 Å². The Balaban J connectivity index is 4.77. The smallest absolute Gasteiger partial charge is 0.306 e. The monoisotopic (exact) mass is 916 g/mol. The number of carbonyl (C=O) groups excluding carboxylic acids is 2. The zero-order valence-corrected chi connectivity index (χ0v) is 42.8. The number of aliphatic hydroxyl groups is 2. The molecule has 6 heteroatoms. The first kappa shape index (κ1) is 62.5. The van der Waals surface area contributed by atoms with Crippen molar-refractivity contribution < 1.29 is 24.5 Å². The maximum absolute atomic E-state index is 13.2. The van der Waals surface area contributed by atoms with Crippen molar-refractivity contribution in [2.75, 3.05) is 6.61 Å². The number of hydrogen-bond acceptors (Lipinski definition) is 5. The van der Waals surface area contributed by atoms with Gasteiger partial charge in [0.2, 0.25) is 5.91 Å². The highest BCUT2D eigenvalue weighted by Crippen LogP contribution is 2.16. The summed E-state index contributed by atoms with van der Waals surface area (Å²) in [6.07, 6.45) is 71.5. The third-order valence-corrected chi connectivity index (χ3v) is 11.6. The SMILES string of the molecule is CC/C=C\C/C=C\C/C=C\C/C=C\C/C=C\CCCC(CC(=O)NC(CO)C(O)CCCCCCCCCCCCC)OC(=O)CCCCC/C=C\C/C=C\C/C=C\C/C=C\CCCCC. The predicted octanol–water partition coefficient (Wildman–Crippen LogP) is 16.7. The van der Waals surface area contributed by atoms with E-state index in [9.17, 15) is 19.8 Å². The average Bonchev–Trinajstić information content (AvgIpc) is 3.31. The van der Waals surface area contributed by atoms with E-state index in [-0.39, 0.29) is 24.9 Å². The van der Waals surface area contributed by atoms with Crippen LogP contribution in [0.3, 0.4) is 0 Å². The molecule has 0 rings (SSSR count). The largest absolute Gasteiger partial charge is 0.462 e. The topological polar surface area (TPSA) is 95.9 Å². The number of hydrogen-bond donors (Lipinski definition) is 3. The van der Waals surface area contributed by atoms with Gasteiger partial charge in [-0.25, -0.2) is 0 Å². The Morgan fingerprint density at radius 3 is 1.29 bits per heavy atom. The van der Waals surface area contributed by atoms with Gasteiger partial charge in [-0.15, -0.1) is 0 Å². The lowest BCUT2D eigenvalue weighted by atomic mass is 10.0. The first-order valence-corrected chi connectivity index (χ1v) is 27.1. The Kier molecular flexibility index (Phi) is 49.7. The third-order valence-electron chi connectivity index (χ3n) is 11.6. The third kappa shape index (κ3) is 47.0. The van der Waals surface area contributed by atoms with Crippen LogP contribution in [0.15, 0.2) is 109 Å². The molecule has 0 aliphatic carbocycles. The number of unbranched alkanes of at least 4 members (excludes halogenated alkanes) is 17. The number of esters is 1. The number of carbonyl (C=O) groups is 2. The molecule has 0 saturated carbocycles. The fourth-order valence-electron chi connectivity index (χ4n) is 7.50. The lowest BCUT2D eigenvalue weighted by Gasteiger charge is -2.24. The highest BCUT2D eigenvalue weighted by atomic mass is 16.5. The van der Waals surface area contributed by atoms with Crippen molar-refractivity contribution >= 4 is 11.9 Å². The molecule has 0 radical (unpaired) electrons. The number of nitrogens with one attached hydrogen (secondary N) is 1. The van der Waals surface area contributed by atoms with E-state index in [0.29, 0.717) is 19.3 Å². The summed E-state index contributed by atoms with van der Waals surface area (Å²) >= 11 is 0. The molecule has 0 saturated heterocycles. The van der Waals surface area contributed by atoms with Gasteiger partial charge in [0.05, 0.1) is 25.2 Å². The van der Waals surface area contributed by atoms with Crippen LogP contribution in [-0.4, -0.2) is 46.9 Å². The summed E-state index contributed by atoms with van der Waals surface area (Å²) in [5.74, 6) is -0.575. The van der Waals surface area contributed by atoms with Gasteiger partial charge < -0.3 is 20.3 Å². The van der Waals surface area contributed by atoms with Crippen LogP contribution in [0.4, 0.5) is 0 Å². The molecule has 0 spiro atoms. The van der Waals surface area contributed by atoms with Gasteiger partial charge in [-0.1, -0.05) is 220 Å². The van der Waals surface area contributed by atoms with Gasteiger partial charge in [0.1, 0.15) is 6.10 Å². The molecule has 1 amide bonds. The van der Waals surface area contributed by atoms with Gasteiger partial charge in [0, 0.05) is 6.42 Å². The van der Waals surface area contributed by atoms with Gasteiger partial charge >= 0.3 is 5.97 Å². The number of rotatable bonds is 47. The van der Waals surface area contributed by atoms with Crippen molar-refractivity contribution in [1.82, 2.24) is 5.32 Å². The van der Waals surface area contributed by atoms with E-state index in [1.54, 1.807) is 0 Å². The number of aliphatic hydroxyl groups excluding tert-OH is 2. The predicted molar refractivity (Wildman–Crippen MR) is 287 cm³/mol. The Morgan fingerprint density at radius 2 is 0.833 bits per heavy atom. The summed E-state index contributed by atoms with van der Waals surface area (Å²) in [4.78, 5) is 26.2. The minimum absolute atomic E-state index is 0.0190. The van der Waals surface area contributed by atoms with Crippen LogP contribution in [0.25, 0.3) is 0 Å². The normalized spacial score (nSPS) is 14.1. The molecule has 0 heterocycles. The van der Waals surface area contributed by atoms with E-state index in [1.807, 2.05) is 0 Å².